The second kappa shape index (κ2) is 5.55. The van der Waals surface area contributed by atoms with Crippen molar-refractivity contribution >= 4 is 11.0 Å². The van der Waals surface area contributed by atoms with E-state index in [9.17, 15) is 0 Å². The van der Waals surface area contributed by atoms with Crippen LogP contribution in [-0.2, 0) is 11.3 Å². The maximum atomic E-state index is 5.74. The zero-order valence-electron chi connectivity index (χ0n) is 11.3. The van der Waals surface area contributed by atoms with E-state index in [1.54, 1.807) is 0 Å². The lowest BCUT2D eigenvalue weighted by Crippen LogP contribution is -2.37. The Morgan fingerprint density at radius 2 is 2.06 bits per heavy atom. The quantitative estimate of drug-likeness (QED) is 0.850. The Kier molecular flexibility index (Phi) is 4.04. The van der Waals surface area contributed by atoms with Crippen molar-refractivity contribution in [2.75, 3.05) is 13.2 Å². The van der Waals surface area contributed by atoms with E-state index < -0.39 is 0 Å². The molecule has 0 fully saturated rings. The minimum atomic E-state index is -0.138. The zero-order chi connectivity index (χ0) is 13.0. The Hall–Kier alpha value is -1.32. The summed E-state index contributed by atoms with van der Waals surface area (Å²) in [6.07, 6.45) is 0. The van der Waals surface area contributed by atoms with Crippen molar-refractivity contribution in [1.29, 1.82) is 0 Å². The Labute approximate surface area is 108 Å². The topological polar surface area (TPSA) is 34.4 Å². The average molecular weight is 247 g/mol. The fourth-order valence-electron chi connectivity index (χ4n) is 2.05. The third-order valence-electron chi connectivity index (χ3n) is 2.86. The fraction of sp³-hybridized carbons (Fsp3) is 0.467. The smallest absolute Gasteiger partial charge is 0.134 e. The Morgan fingerprint density at radius 3 is 2.78 bits per heavy atom. The van der Waals surface area contributed by atoms with Crippen LogP contribution in [0.1, 0.15) is 26.5 Å². The van der Waals surface area contributed by atoms with Crippen LogP contribution in [0, 0.1) is 0 Å². The number of para-hydroxylation sites is 1. The van der Waals surface area contributed by atoms with Crippen molar-refractivity contribution in [2.24, 2.45) is 0 Å². The monoisotopic (exact) mass is 247 g/mol. The van der Waals surface area contributed by atoms with E-state index >= 15 is 0 Å². The van der Waals surface area contributed by atoms with Gasteiger partial charge in [0.25, 0.3) is 0 Å². The lowest BCUT2D eigenvalue weighted by atomic mass is 10.1. The van der Waals surface area contributed by atoms with Crippen molar-refractivity contribution in [1.82, 2.24) is 5.32 Å². The van der Waals surface area contributed by atoms with Gasteiger partial charge in [0.2, 0.25) is 0 Å². The number of hydrogen-bond acceptors (Lipinski definition) is 3. The number of furan rings is 1. The highest BCUT2D eigenvalue weighted by Crippen LogP contribution is 2.18. The molecule has 0 aliphatic heterocycles. The van der Waals surface area contributed by atoms with E-state index in [0.717, 1.165) is 36.4 Å². The third kappa shape index (κ3) is 3.34. The first-order valence-electron chi connectivity index (χ1n) is 6.43. The van der Waals surface area contributed by atoms with Gasteiger partial charge in [-0.2, -0.15) is 0 Å². The van der Waals surface area contributed by atoms with E-state index in [4.69, 9.17) is 9.15 Å². The minimum absolute atomic E-state index is 0.138. The van der Waals surface area contributed by atoms with Gasteiger partial charge >= 0.3 is 0 Å². The first kappa shape index (κ1) is 13.1. The Balaban J connectivity index is 1.90. The molecule has 1 N–H and O–H groups in total. The van der Waals surface area contributed by atoms with Crippen LogP contribution < -0.4 is 5.32 Å². The van der Waals surface area contributed by atoms with Gasteiger partial charge in [-0.1, -0.05) is 18.2 Å². The van der Waals surface area contributed by atoms with E-state index in [-0.39, 0.29) is 5.60 Å². The number of ether oxygens (including phenoxy) is 1. The molecule has 0 radical (unpaired) electrons. The van der Waals surface area contributed by atoms with Gasteiger partial charge in [0.15, 0.2) is 0 Å². The van der Waals surface area contributed by atoms with Crippen LogP contribution in [0.25, 0.3) is 11.0 Å². The highest BCUT2D eigenvalue weighted by molar-refractivity contribution is 5.77. The van der Waals surface area contributed by atoms with Gasteiger partial charge in [-0.3, -0.25) is 0 Å². The summed E-state index contributed by atoms with van der Waals surface area (Å²) in [6.45, 7) is 8.45. The maximum Gasteiger partial charge on any atom is 0.134 e. The molecule has 18 heavy (non-hydrogen) atoms. The summed E-state index contributed by atoms with van der Waals surface area (Å²) in [5.41, 5.74) is 0.805. The molecule has 3 nitrogen and oxygen atoms in total. The van der Waals surface area contributed by atoms with Crippen molar-refractivity contribution in [3.63, 3.8) is 0 Å². The molecule has 0 spiro atoms. The van der Waals surface area contributed by atoms with Gasteiger partial charge in [-0.05, 0) is 32.9 Å². The Morgan fingerprint density at radius 1 is 1.28 bits per heavy atom. The summed E-state index contributed by atoms with van der Waals surface area (Å²) in [7, 11) is 0. The summed E-state index contributed by atoms with van der Waals surface area (Å²) < 4.78 is 11.4. The van der Waals surface area contributed by atoms with Crippen molar-refractivity contribution in [3.8, 4) is 0 Å². The SMILES string of the molecule is CCOC(C)(C)CNCc1cc2ccccc2o1. The highest BCUT2D eigenvalue weighted by Gasteiger charge is 2.16. The molecule has 2 aromatic rings. The first-order valence-corrected chi connectivity index (χ1v) is 6.43. The fourth-order valence-corrected chi connectivity index (χ4v) is 2.05. The van der Waals surface area contributed by atoms with Crippen molar-refractivity contribution < 1.29 is 9.15 Å². The first-order chi connectivity index (χ1) is 8.61. The number of rotatable bonds is 6. The molecule has 3 heteroatoms. The van der Waals surface area contributed by atoms with Crippen LogP contribution in [0.2, 0.25) is 0 Å². The van der Waals surface area contributed by atoms with Gasteiger partial charge in [0.1, 0.15) is 11.3 Å². The third-order valence-corrected chi connectivity index (χ3v) is 2.86. The van der Waals surface area contributed by atoms with Gasteiger partial charge in [0, 0.05) is 18.5 Å². The normalized spacial score (nSPS) is 12.2. The molecule has 98 valence electrons. The summed E-state index contributed by atoms with van der Waals surface area (Å²) in [5, 5.41) is 4.52. The van der Waals surface area contributed by atoms with E-state index in [1.165, 1.54) is 0 Å². The molecule has 0 amide bonds. The molecule has 2 rings (SSSR count). The second-order valence-corrected chi connectivity index (χ2v) is 5.05. The molecule has 0 unspecified atom stereocenters. The molecule has 1 aromatic heterocycles. The molecule has 1 aromatic carbocycles. The summed E-state index contributed by atoms with van der Waals surface area (Å²) in [4.78, 5) is 0. The van der Waals surface area contributed by atoms with Gasteiger partial charge in [-0.25, -0.2) is 0 Å². The molecule has 0 saturated carbocycles. The predicted molar refractivity (Wildman–Crippen MR) is 73.6 cm³/mol. The molecular weight excluding hydrogens is 226 g/mol. The number of fused-ring (bicyclic) bond motifs is 1. The standard InChI is InChI=1S/C15H21NO2/c1-4-17-15(2,3)11-16-10-13-9-12-7-5-6-8-14(12)18-13/h5-9,16H,4,10-11H2,1-3H3. The number of hydrogen-bond donors (Lipinski definition) is 1. The van der Waals surface area contributed by atoms with Crippen LogP contribution in [0.3, 0.4) is 0 Å². The average Bonchev–Trinajstić information content (AvgIpc) is 2.71. The molecule has 0 aliphatic carbocycles. The van der Waals surface area contributed by atoms with Gasteiger partial charge in [-0.15, -0.1) is 0 Å². The summed E-state index contributed by atoms with van der Waals surface area (Å²) >= 11 is 0. The van der Waals surface area contributed by atoms with Crippen LogP contribution in [-0.4, -0.2) is 18.8 Å². The second-order valence-electron chi connectivity index (χ2n) is 5.05. The number of benzene rings is 1. The van der Waals surface area contributed by atoms with Gasteiger partial charge < -0.3 is 14.5 Å². The molecule has 0 bridgehead atoms. The number of nitrogens with one attached hydrogen (secondary N) is 1. The Bertz CT molecular complexity index is 469. The highest BCUT2D eigenvalue weighted by atomic mass is 16.5. The molecular formula is C15H21NO2. The molecule has 1 heterocycles. The molecule has 0 atom stereocenters. The minimum Gasteiger partial charge on any atom is -0.460 e. The summed E-state index contributed by atoms with van der Waals surface area (Å²) in [5.74, 6) is 0.962. The zero-order valence-corrected chi connectivity index (χ0v) is 11.3. The van der Waals surface area contributed by atoms with E-state index in [2.05, 4.69) is 31.3 Å². The maximum absolute atomic E-state index is 5.74. The van der Waals surface area contributed by atoms with E-state index in [0.29, 0.717) is 0 Å². The lowest BCUT2D eigenvalue weighted by molar-refractivity contribution is -0.00918. The molecule has 0 aliphatic rings. The van der Waals surface area contributed by atoms with Crippen LogP contribution in [0.5, 0.6) is 0 Å². The van der Waals surface area contributed by atoms with Crippen molar-refractivity contribution in [2.45, 2.75) is 32.9 Å². The lowest BCUT2D eigenvalue weighted by Gasteiger charge is -2.24. The van der Waals surface area contributed by atoms with E-state index in [1.807, 2.05) is 25.1 Å². The largest absolute Gasteiger partial charge is 0.460 e. The molecule has 0 saturated heterocycles. The van der Waals surface area contributed by atoms with Crippen molar-refractivity contribution in [3.05, 3.63) is 36.1 Å². The van der Waals surface area contributed by atoms with Crippen LogP contribution >= 0.6 is 0 Å². The summed E-state index contributed by atoms with van der Waals surface area (Å²) in [6, 6.07) is 10.1. The van der Waals surface area contributed by atoms with Crippen LogP contribution in [0.4, 0.5) is 0 Å². The predicted octanol–water partition coefficient (Wildman–Crippen LogP) is 3.34. The van der Waals surface area contributed by atoms with Gasteiger partial charge in [0.05, 0.1) is 12.1 Å². The van der Waals surface area contributed by atoms with Crippen LogP contribution in [0.15, 0.2) is 34.7 Å².